The quantitative estimate of drug-likeness (QED) is 0.194. The highest BCUT2D eigenvalue weighted by Crippen LogP contribution is 2.43. The number of benzene rings is 4. The van der Waals surface area contributed by atoms with Gasteiger partial charge in [-0.3, -0.25) is 9.69 Å². The Morgan fingerprint density at radius 2 is 1.37 bits per heavy atom. The molecule has 1 fully saturated rings. The number of Topliss-reactive ketones (excluding diaryl/α,β-unsaturated/α-hetero) is 1. The van der Waals surface area contributed by atoms with Crippen LogP contribution >= 0.6 is 0 Å². The predicted octanol–water partition coefficient (Wildman–Crippen LogP) is 5.38. The molecule has 0 unspecified atom stereocenters. The number of methoxy groups -OCH3 is 1. The fraction of sp³-hybridized carbons (Fsp3) is 0.176. The van der Waals surface area contributed by atoms with E-state index in [0.717, 1.165) is 28.0 Å². The van der Waals surface area contributed by atoms with Gasteiger partial charge in [0, 0.05) is 25.1 Å². The van der Waals surface area contributed by atoms with Crippen molar-refractivity contribution in [1.82, 2.24) is 25.1 Å². The Morgan fingerprint density at radius 1 is 0.805 bits per heavy atom. The summed E-state index contributed by atoms with van der Waals surface area (Å²) < 4.78 is 5.24. The van der Waals surface area contributed by atoms with Crippen molar-refractivity contribution >= 4 is 11.9 Å². The van der Waals surface area contributed by atoms with E-state index >= 15 is 0 Å². The predicted molar refractivity (Wildman–Crippen MR) is 158 cm³/mol. The molecule has 0 atom stereocenters. The maximum atomic E-state index is 13.2. The van der Waals surface area contributed by atoms with Crippen LogP contribution in [0.2, 0.25) is 0 Å². The van der Waals surface area contributed by atoms with Gasteiger partial charge in [0.15, 0.2) is 11.6 Å². The van der Waals surface area contributed by atoms with Crippen molar-refractivity contribution in [2.24, 2.45) is 0 Å². The van der Waals surface area contributed by atoms with Gasteiger partial charge in [0.25, 0.3) is 0 Å². The SMILES string of the molecule is COc1ccc(Cn2nnc(C=C3CN(C(c4ccccc4)(c4ccccc4)c4ccccc4)CCC3=O)n2)cc1. The Bertz CT molecular complexity index is 1530. The number of ketones is 1. The largest absolute Gasteiger partial charge is 0.497 e. The van der Waals surface area contributed by atoms with Crippen LogP contribution in [0, 0.1) is 0 Å². The van der Waals surface area contributed by atoms with Gasteiger partial charge in [-0.15, -0.1) is 10.2 Å². The van der Waals surface area contributed by atoms with Crippen LogP contribution in [0.4, 0.5) is 0 Å². The molecule has 0 amide bonds. The molecule has 4 aromatic carbocycles. The summed E-state index contributed by atoms with van der Waals surface area (Å²) in [5.74, 6) is 1.33. The van der Waals surface area contributed by atoms with Crippen molar-refractivity contribution in [1.29, 1.82) is 0 Å². The second-order valence-corrected chi connectivity index (χ2v) is 10.1. The lowest BCUT2D eigenvalue weighted by atomic mass is 9.74. The molecule has 0 radical (unpaired) electrons. The molecule has 1 aromatic heterocycles. The van der Waals surface area contributed by atoms with Gasteiger partial charge in [-0.25, -0.2) is 0 Å². The molecule has 6 rings (SSSR count). The van der Waals surface area contributed by atoms with Gasteiger partial charge in [0.1, 0.15) is 5.75 Å². The average molecular weight is 542 g/mol. The molecule has 7 heteroatoms. The Labute approximate surface area is 239 Å². The number of rotatable bonds is 8. The number of tetrazole rings is 1. The summed E-state index contributed by atoms with van der Waals surface area (Å²) in [6.45, 7) is 1.54. The van der Waals surface area contributed by atoms with Crippen LogP contribution in [-0.2, 0) is 16.9 Å². The zero-order valence-corrected chi connectivity index (χ0v) is 22.9. The monoisotopic (exact) mass is 541 g/mol. The number of piperidine rings is 1. The van der Waals surface area contributed by atoms with E-state index in [2.05, 4.69) is 93.1 Å². The third kappa shape index (κ3) is 5.32. The summed E-state index contributed by atoms with van der Waals surface area (Å²) in [6.07, 6.45) is 2.19. The highest BCUT2D eigenvalue weighted by Gasteiger charge is 2.44. The fourth-order valence-electron chi connectivity index (χ4n) is 5.70. The first-order chi connectivity index (χ1) is 20.2. The van der Waals surface area contributed by atoms with Gasteiger partial charge in [-0.1, -0.05) is 103 Å². The number of likely N-dealkylation sites (tertiary alicyclic amines) is 1. The first kappa shape index (κ1) is 26.3. The highest BCUT2D eigenvalue weighted by molar-refractivity contribution is 6.00. The number of carbonyl (C=O) groups is 1. The molecule has 1 aliphatic rings. The summed E-state index contributed by atoms with van der Waals surface area (Å²) >= 11 is 0. The molecule has 2 heterocycles. The molecule has 5 aromatic rings. The Hall–Kier alpha value is -4.88. The standard InChI is InChI=1S/C34H31N5O2/c1-41-31-19-17-26(18-20-31)24-39-36-33(35-37-39)23-27-25-38(22-21-32(27)40)34(28-11-5-2-6-12-28,29-13-7-3-8-14-29)30-15-9-4-10-16-30/h2-20,23H,21-22,24-25H2,1H3. The van der Waals surface area contributed by atoms with Gasteiger partial charge in [-0.05, 0) is 45.7 Å². The number of ether oxygens (including phenoxy) is 1. The summed E-state index contributed by atoms with van der Waals surface area (Å²) in [5, 5.41) is 13.0. The van der Waals surface area contributed by atoms with Crippen molar-refractivity contribution in [2.45, 2.75) is 18.5 Å². The smallest absolute Gasteiger partial charge is 0.198 e. The minimum absolute atomic E-state index is 0.107. The van der Waals surface area contributed by atoms with Crippen LogP contribution in [0.15, 0.2) is 121 Å². The van der Waals surface area contributed by atoms with Crippen LogP contribution in [0.5, 0.6) is 5.75 Å². The lowest BCUT2D eigenvalue weighted by Gasteiger charge is -2.47. The number of hydrogen-bond acceptors (Lipinski definition) is 6. The first-order valence-corrected chi connectivity index (χ1v) is 13.7. The van der Waals surface area contributed by atoms with Gasteiger partial charge >= 0.3 is 0 Å². The van der Waals surface area contributed by atoms with E-state index in [1.54, 1.807) is 18.0 Å². The van der Waals surface area contributed by atoms with Gasteiger partial charge in [0.05, 0.1) is 19.2 Å². The van der Waals surface area contributed by atoms with Crippen molar-refractivity contribution in [2.75, 3.05) is 20.2 Å². The molecule has 0 spiro atoms. The number of carbonyl (C=O) groups excluding carboxylic acids is 1. The van der Waals surface area contributed by atoms with Crippen molar-refractivity contribution in [3.8, 4) is 5.75 Å². The highest BCUT2D eigenvalue weighted by atomic mass is 16.5. The second-order valence-electron chi connectivity index (χ2n) is 10.1. The van der Waals surface area contributed by atoms with Crippen LogP contribution in [-0.4, -0.2) is 51.1 Å². The average Bonchev–Trinajstić information content (AvgIpc) is 3.47. The molecule has 7 nitrogen and oxygen atoms in total. The normalized spacial score (nSPS) is 15.2. The van der Waals surface area contributed by atoms with E-state index in [1.807, 2.05) is 42.5 Å². The zero-order valence-electron chi connectivity index (χ0n) is 22.9. The minimum atomic E-state index is -0.594. The molecule has 41 heavy (non-hydrogen) atoms. The third-order valence-electron chi connectivity index (χ3n) is 7.63. The molecule has 1 saturated heterocycles. The topological polar surface area (TPSA) is 73.1 Å². The lowest BCUT2D eigenvalue weighted by Crippen LogP contribution is -2.52. The number of aromatic nitrogens is 4. The van der Waals surface area contributed by atoms with Crippen LogP contribution in [0.25, 0.3) is 6.08 Å². The molecular weight excluding hydrogens is 510 g/mol. The van der Waals surface area contributed by atoms with Gasteiger partial charge < -0.3 is 4.74 Å². The Morgan fingerprint density at radius 3 is 1.90 bits per heavy atom. The van der Waals surface area contributed by atoms with E-state index < -0.39 is 5.54 Å². The molecule has 204 valence electrons. The zero-order chi connectivity index (χ0) is 28.1. The molecule has 0 N–H and O–H groups in total. The third-order valence-corrected chi connectivity index (χ3v) is 7.63. The summed E-state index contributed by atoms with van der Waals surface area (Å²) in [5.41, 5.74) is 4.55. The second kappa shape index (κ2) is 11.7. The van der Waals surface area contributed by atoms with E-state index in [1.165, 1.54) is 0 Å². The Balaban J connectivity index is 1.37. The van der Waals surface area contributed by atoms with Crippen LogP contribution in [0.1, 0.15) is 34.5 Å². The fourth-order valence-corrected chi connectivity index (χ4v) is 5.70. The Kier molecular flexibility index (Phi) is 7.52. The molecule has 0 saturated carbocycles. The molecule has 1 aliphatic heterocycles. The number of hydrogen-bond donors (Lipinski definition) is 0. The molecular formula is C34H31N5O2. The minimum Gasteiger partial charge on any atom is -0.497 e. The maximum Gasteiger partial charge on any atom is 0.198 e. The van der Waals surface area contributed by atoms with Crippen molar-refractivity contribution < 1.29 is 9.53 Å². The van der Waals surface area contributed by atoms with Gasteiger partial charge in [0.2, 0.25) is 0 Å². The number of nitrogens with zero attached hydrogens (tertiary/aromatic N) is 5. The van der Waals surface area contributed by atoms with Crippen LogP contribution < -0.4 is 4.74 Å². The van der Waals surface area contributed by atoms with Crippen molar-refractivity contribution in [3.05, 3.63) is 149 Å². The van der Waals surface area contributed by atoms with E-state index in [0.29, 0.717) is 37.5 Å². The van der Waals surface area contributed by atoms with E-state index in [4.69, 9.17) is 4.74 Å². The van der Waals surface area contributed by atoms with E-state index in [9.17, 15) is 4.79 Å². The van der Waals surface area contributed by atoms with Crippen LogP contribution in [0.3, 0.4) is 0 Å². The summed E-state index contributed by atoms with van der Waals surface area (Å²) in [4.78, 5) is 17.2. The summed E-state index contributed by atoms with van der Waals surface area (Å²) in [7, 11) is 1.64. The van der Waals surface area contributed by atoms with Gasteiger partial charge in [-0.2, -0.15) is 4.80 Å². The van der Waals surface area contributed by atoms with E-state index in [-0.39, 0.29) is 5.78 Å². The van der Waals surface area contributed by atoms with Crippen molar-refractivity contribution in [3.63, 3.8) is 0 Å². The first-order valence-electron chi connectivity index (χ1n) is 13.7. The molecule has 0 bridgehead atoms. The molecule has 0 aliphatic carbocycles. The lowest BCUT2D eigenvalue weighted by molar-refractivity contribution is -0.117. The summed E-state index contributed by atoms with van der Waals surface area (Å²) in [6, 6.07) is 39.4. The maximum absolute atomic E-state index is 13.2.